The molecule has 0 spiro atoms. The SMILES string of the molecule is O=[N+]([O-])c1ccc(S(=O)(=O)NCC2(CCO)CC2)c(F)c1. The second kappa shape index (κ2) is 5.66. The topological polar surface area (TPSA) is 110 Å². The molecule has 1 aliphatic rings. The maximum atomic E-state index is 13.7. The summed E-state index contributed by atoms with van der Waals surface area (Å²) >= 11 is 0. The average molecular weight is 318 g/mol. The van der Waals surface area contributed by atoms with E-state index in [4.69, 9.17) is 5.11 Å². The third-order valence-electron chi connectivity index (χ3n) is 3.65. The number of halogens is 1. The molecule has 0 amide bonds. The monoisotopic (exact) mass is 318 g/mol. The van der Waals surface area contributed by atoms with Crippen molar-refractivity contribution in [2.45, 2.75) is 24.2 Å². The highest BCUT2D eigenvalue weighted by Crippen LogP contribution is 2.48. The van der Waals surface area contributed by atoms with Gasteiger partial charge < -0.3 is 5.11 Å². The summed E-state index contributed by atoms with van der Waals surface area (Å²) in [6, 6.07) is 2.40. The number of nitrogens with zero attached hydrogens (tertiary/aromatic N) is 1. The largest absolute Gasteiger partial charge is 0.396 e. The van der Waals surface area contributed by atoms with Crippen molar-refractivity contribution < 1.29 is 22.8 Å². The van der Waals surface area contributed by atoms with Crippen molar-refractivity contribution in [2.24, 2.45) is 5.41 Å². The van der Waals surface area contributed by atoms with Crippen LogP contribution in [0.4, 0.5) is 10.1 Å². The molecule has 1 aromatic rings. The number of rotatable bonds is 7. The van der Waals surface area contributed by atoms with E-state index in [1.54, 1.807) is 0 Å². The molecular weight excluding hydrogens is 303 g/mol. The molecule has 0 unspecified atom stereocenters. The van der Waals surface area contributed by atoms with Crippen molar-refractivity contribution in [2.75, 3.05) is 13.2 Å². The van der Waals surface area contributed by atoms with Crippen LogP contribution in [0.1, 0.15) is 19.3 Å². The summed E-state index contributed by atoms with van der Waals surface area (Å²) in [5.41, 5.74) is -0.760. The van der Waals surface area contributed by atoms with E-state index in [-0.39, 0.29) is 18.6 Å². The van der Waals surface area contributed by atoms with E-state index in [9.17, 15) is 22.9 Å². The molecule has 1 fully saturated rings. The van der Waals surface area contributed by atoms with Gasteiger partial charge in [-0.15, -0.1) is 0 Å². The van der Waals surface area contributed by atoms with E-state index in [1.165, 1.54) is 0 Å². The van der Waals surface area contributed by atoms with Gasteiger partial charge in [0.15, 0.2) is 0 Å². The Morgan fingerprint density at radius 3 is 2.57 bits per heavy atom. The zero-order chi connectivity index (χ0) is 15.7. The van der Waals surface area contributed by atoms with Crippen LogP contribution in [0, 0.1) is 21.3 Å². The zero-order valence-electron chi connectivity index (χ0n) is 11.1. The molecule has 0 aliphatic heterocycles. The van der Waals surface area contributed by atoms with Crippen LogP contribution < -0.4 is 4.72 Å². The van der Waals surface area contributed by atoms with Gasteiger partial charge in [-0.25, -0.2) is 17.5 Å². The summed E-state index contributed by atoms with van der Waals surface area (Å²) in [4.78, 5) is 9.09. The molecular formula is C12H15FN2O5S. The second-order valence-corrected chi connectivity index (χ2v) is 6.91. The molecule has 116 valence electrons. The molecule has 0 radical (unpaired) electrons. The van der Waals surface area contributed by atoms with Crippen molar-refractivity contribution >= 4 is 15.7 Å². The molecule has 2 rings (SSSR count). The fraction of sp³-hybridized carbons (Fsp3) is 0.500. The number of nitrogens with one attached hydrogen (secondary N) is 1. The molecule has 0 aromatic heterocycles. The number of aliphatic hydroxyl groups is 1. The van der Waals surface area contributed by atoms with Crippen LogP contribution in [-0.2, 0) is 10.0 Å². The number of hydrogen-bond acceptors (Lipinski definition) is 5. The molecule has 0 atom stereocenters. The highest BCUT2D eigenvalue weighted by molar-refractivity contribution is 7.89. The van der Waals surface area contributed by atoms with E-state index in [2.05, 4.69) is 4.72 Å². The Kier molecular flexibility index (Phi) is 4.26. The summed E-state index contributed by atoms with van der Waals surface area (Å²) < 4.78 is 40.1. The third kappa shape index (κ3) is 3.55. The number of nitro benzene ring substituents is 1. The standard InChI is InChI=1S/C12H15FN2O5S/c13-10-7-9(15(17)18)1-2-11(10)21(19,20)14-8-12(3-4-12)5-6-16/h1-2,7,14,16H,3-6,8H2. The molecule has 1 aromatic carbocycles. The number of nitro groups is 1. The van der Waals surface area contributed by atoms with Crippen molar-refractivity contribution in [3.63, 3.8) is 0 Å². The van der Waals surface area contributed by atoms with Crippen LogP contribution >= 0.6 is 0 Å². The molecule has 9 heteroatoms. The predicted octanol–water partition coefficient (Wildman–Crippen LogP) is 1.17. The highest BCUT2D eigenvalue weighted by atomic mass is 32.2. The molecule has 1 saturated carbocycles. The first-order valence-corrected chi connectivity index (χ1v) is 7.82. The zero-order valence-corrected chi connectivity index (χ0v) is 11.9. The van der Waals surface area contributed by atoms with Gasteiger partial charge in [-0.05, 0) is 30.7 Å². The fourth-order valence-corrected chi connectivity index (χ4v) is 3.29. The average Bonchev–Trinajstić information content (AvgIpc) is 3.17. The first-order chi connectivity index (χ1) is 9.80. The van der Waals surface area contributed by atoms with Crippen molar-refractivity contribution in [1.82, 2.24) is 4.72 Å². The second-order valence-electron chi connectivity index (χ2n) is 5.17. The Morgan fingerprint density at radius 1 is 1.43 bits per heavy atom. The van der Waals surface area contributed by atoms with Crippen LogP contribution in [0.2, 0.25) is 0 Å². The number of hydrogen-bond donors (Lipinski definition) is 2. The van der Waals surface area contributed by atoms with Gasteiger partial charge in [-0.3, -0.25) is 10.1 Å². The normalized spacial score (nSPS) is 16.7. The maximum Gasteiger partial charge on any atom is 0.272 e. The van der Waals surface area contributed by atoms with E-state index in [1.807, 2.05) is 0 Å². The lowest BCUT2D eigenvalue weighted by Crippen LogP contribution is -2.31. The van der Waals surface area contributed by atoms with Crippen LogP contribution in [-0.4, -0.2) is 31.6 Å². The number of aliphatic hydroxyl groups excluding tert-OH is 1. The highest BCUT2D eigenvalue weighted by Gasteiger charge is 2.42. The summed E-state index contributed by atoms with van der Waals surface area (Å²) in [6.07, 6.45) is 2.09. The Balaban J connectivity index is 2.14. The molecule has 0 saturated heterocycles. The molecule has 21 heavy (non-hydrogen) atoms. The van der Waals surface area contributed by atoms with Gasteiger partial charge in [-0.2, -0.15) is 0 Å². The maximum absolute atomic E-state index is 13.7. The molecule has 0 bridgehead atoms. The minimum Gasteiger partial charge on any atom is -0.396 e. The van der Waals surface area contributed by atoms with Gasteiger partial charge in [0.2, 0.25) is 10.0 Å². The number of benzene rings is 1. The van der Waals surface area contributed by atoms with Gasteiger partial charge in [0.05, 0.1) is 11.0 Å². The van der Waals surface area contributed by atoms with Crippen LogP contribution in [0.25, 0.3) is 0 Å². The van der Waals surface area contributed by atoms with E-state index in [0.717, 1.165) is 25.0 Å². The minimum absolute atomic E-state index is 0.0341. The van der Waals surface area contributed by atoms with Gasteiger partial charge in [-0.1, -0.05) is 0 Å². The van der Waals surface area contributed by atoms with Gasteiger partial charge in [0.25, 0.3) is 5.69 Å². The third-order valence-corrected chi connectivity index (χ3v) is 5.09. The molecule has 2 N–H and O–H groups in total. The Bertz CT molecular complexity index is 658. The summed E-state index contributed by atoms with van der Waals surface area (Å²) in [5.74, 6) is -1.16. The van der Waals surface area contributed by atoms with Gasteiger partial charge in [0, 0.05) is 19.2 Å². The lowest BCUT2D eigenvalue weighted by molar-refractivity contribution is -0.385. The van der Waals surface area contributed by atoms with Crippen molar-refractivity contribution in [3.8, 4) is 0 Å². The first kappa shape index (κ1) is 15.8. The van der Waals surface area contributed by atoms with Crippen LogP contribution in [0.3, 0.4) is 0 Å². The summed E-state index contributed by atoms with van der Waals surface area (Å²) in [6.45, 7) is 0.0833. The molecule has 0 heterocycles. The predicted molar refractivity (Wildman–Crippen MR) is 71.6 cm³/mol. The minimum atomic E-state index is -4.07. The Hall–Kier alpha value is -1.58. The van der Waals surface area contributed by atoms with Gasteiger partial charge in [0.1, 0.15) is 10.7 Å². The Morgan fingerprint density at radius 2 is 2.10 bits per heavy atom. The van der Waals surface area contributed by atoms with E-state index < -0.39 is 31.3 Å². The van der Waals surface area contributed by atoms with Crippen molar-refractivity contribution in [3.05, 3.63) is 34.1 Å². The Labute approximate surface area is 121 Å². The summed E-state index contributed by atoms with van der Waals surface area (Å²) in [5, 5.41) is 19.4. The fourth-order valence-electron chi connectivity index (χ4n) is 2.08. The van der Waals surface area contributed by atoms with E-state index >= 15 is 0 Å². The lowest BCUT2D eigenvalue weighted by atomic mass is 10.0. The number of sulfonamides is 1. The van der Waals surface area contributed by atoms with Crippen LogP contribution in [0.5, 0.6) is 0 Å². The quantitative estimate of drug-likeness (QED) is 0.579. The molecule has 7 nitrogen and oxygen atoms in total. The smallest absolute Gasteiger partial charge is 0.272 e. The van der Waals surface area contributed by atoms with Crippen molar-refractivity contribution in [1.29, 1.82) is 0 Å². The van der Waals surface area contributed by atoms with E-state index in [0.29, 0.717) is 12.5 Å². The van der Waals surface area contributed by atoms with Gasteiger partial charge >= 0.3 is 0 Å². The number of non-ortho nitro benzene ring substituents is 1. The van der Waals surface area contributed by atoms with Crippen LogP contribution in [0.15, 0.2) is 23.1 Å². The first-order valence-electron chi connectivity index (χ1n) is 6.34. The molecule has 1 aliphatic carbocycles. The summed E-state index contributed by atoms with van der Waals surface area (Å²) in [7, 11) is -4.07. The lowest BCUT2D eigenvalue weighted by Gasteiger charge is -2.15.